The highest BCUT2D eigenvalue weighted by atomic mass is 19.4. The molecule has 6 nitrogen and oxygen atoms in total. The molecular weight excluding hydrogens is 435 g/mol. The Balaban J connectivity index is 1.67. The quantitative estimate of drug-likeness (QED) is 0.490. The molecule has 1 aliphatic rings. The van der Waals surface area contributed by atoms with Crippen LogP contribution in [0.5, 0.6) is 5.75 Å². The van der Waals surface area contributed by atoms with Crippen molar-refractivity contribution in [2.75, 3.05) is 29.9 Å². The van der Waals surface area contributed by atoms with Gasteiger partial charge in [-0.05, 0) is 62.6 Å². The number of aromatic nitrogens is 1. The molecule has 0 saturated carbocycles. The summed E-state index contributed by atoms with van der Waals surface area (Å²) in [7, 11) is 0. The molecule has 1 N–H and O–H groups in total. The Morgan fingerprint density at radius 3 is 2.33 bits per heavy atom. The van der Waals surface area contributed by atoms with Gasteiger partial charge in [-0.3, -0.25) is 4.79 Å². The van der Waals surface area contributed by atoms with E-state index in [2.05, 4.69) is 10.5 Å². The number of ether oxygens (including phenoxy) is 1. The topological polar surface area (TPSA) is 67.6 Å². The van der Waals surface area contributed by atoms with Crippen molar-refractivity contribution in [1.82, 2.24) is 5.16 Å². The number of amides is 1. The number of hydrogen-bond acceptors (Lipinski definition) is 5. The van der Waals surface area contributed by atoms with Gasteiger partial charge in [0.05, 0.1) is 12.2 Å². The molecule has 0 unspecified atom stereocenters. The second-order valence-corrected chi connectivity index (χ2v) is 7.75. The molecule has 1 saturated heterocycles. The number of anilines is 2. The van der Waals surface area contributed by atoms with Crippen LogP contribution in [0.2, 0.25) is 0 Å². The third-order valence-corrected chi connectivity index (χ3v) is 5.45. The third-order valence-electron chi connectivity index (χ3n) is 5.45. The van der Waals surface area contributed by atoms with Crippen LogP contribution in [0.15, 0.2) is 53.1 Å². The summed E-state index contributed by atoms with van der Waals surface area (Å²) in [4.78, 5) is 15.3. The maximum Gasteiger partial charge on any atom is 0.416 e. The van der Waals surface area contributed by atoms with E-state index in [1.54, 1.807) is 24.3 Å². The van der Waals surface area contributed by atoms with Gasteiger partial charge in [0, 0.05) is 24.3 Å². The van der Waals surface area contributed by atoms with Gasteiger partial charge in [-0.25, -0.2) is 0 Å². The van der Waals surface area contributed by atoms with Crippen molar-refractivity contribution < 1.29 is 27.2 Å². The summed E-state index contributed by atoms with van der Waals surface area (Å²) in [5, 5.41) is 6.91. The first-order valence-corrected chi connectivity index (χ1v) is 10.8. The van der Waals surface area contributed by atoms with Crippen LogP contribution in [0.25, 0.3) is 11.3 Å². The van der Waals surface area contributed by atoms with E-state index in [-0.39, 0.29) is 11.3 Å². The van der Waals surface area contributed by atoms with E-state index in [1.165, 1.54) is 12.1 Å². The standard InChI is InChI=1S/C24H24F3N3O3/c1-2-32-19-12-10-18(11-13-19)28-22(31)20-21(16-6-8-17(9-7-16)24(25,26)27)29-33-23(20)30-14-4-3-5-15-30/h6-13H,2-5,14-15H2,1H3,(H,28,31). The molecule has 4 rings (SSSR count). The predicted molar refractivity (Wildman–Crippen MR) is 119 cm³/mol. The Morgan fingerprint density at radius 1 is 1.06 bits per heavy atom. The predicted octanol–water partition coefficient (Wildman–Crippen LogP) is 6.00. The lowest BCUT2D eigenvalue weighted by Gasteiger charge is -2.26. The molecule has 9 heteroatoms. The average molecular weight is 459 g/mol. The number of nitrogens with zero attached hydrogens (tertiary/aromatic N) is 2. The highest BCUT2D eigenvalue weighted by molar-refractivity contribution is 6.11. The lowest BCUT2D eigenvalue weighted by molar-refractivity contribution is -0.137. The van der Waals surface area contributed by atoms with Crippen LogP contribution in [0, 0.1) is 0 Å². The van der Waals surface area contributed by atoms with E-state index < -0.39 is 17.6 Å². The van der Waals surface area contributed by atoms with Crippen LogP contribution < -0.4 is 15.0 Å². The van der Waals surface area contributed by atoms with Gasteiger partial charge in [0.2, 0.25) is 5.88 Å². The van der Waals surface area contributed by atoms with Gasteiger partial charge in [0.25, 0.3) is 5.91 Å². The Kier molecular flexibility index (Phi) is 6.57. The van der Waals surface area contributed by atoms with E-state index in [0.717, 1.165) is 31.4 Å². The lowest BCUT2D eigenvalue weighted by Crippen LogP contribution is -2.30. The molecule has 1 fully saturated rings. The fourth-order valence-corrected chi connectivity index (χ4v) is 3.81. The first-order chi connectivity index (χ1) is 15.9. The van der Waals surface area contributed by atoms with Gasteiger partial charge in [-0.2, -0.15) is 13.2 Å². The number of halogens is 3. The summed E-state index contributed by atoms with van der Waals surface area (Å²) in [5.41, 5.74) is 0.545. The van der Waals surface area contributed by atoms with E-state index in [1.807, 2.05) is 11.8 Å². The van der Waals surface area contributed by atoms with Gasteiger partial charge in [-0.15, -0.1) is 0 Å². The van der Waals surface area contributed by atoms with Crippen molar-refractivity contribution in [2.24, 2.45) is 0 Å². The maximum atomic E-state index is 13.3. The monoisotopic (exact) mass is 459 g/mol. The van der Waals surface area contributed by atoms with Crippen molar-refractivity contribution in [1.29, 1.82) is 0 Å². The molecule has 1 aromatic heterocycles. The average Bonchev–Trinajstić information content (AvgIpc) is 3.26. The molecule has 0 radical (unpaired) electrons. The second kappa shape index (κ2) is 9.56. The summed E-state index contributed by atoms with van der Waals surface area (Å²) in [6, 6.07) is 11.5. The molecule has 2 heterocycles. The highest BCUT2D eigenvalue weighted by Gasteiger charge is 2.32. The molecule has 1 aliphatic heterocycles. The third kappa shape index (κ3) is 5.13. The Bertz CT molecular complexity index is 1090. The largest absolute Gasteiger partial charge is 0.494 e. The van der Waals surface area contributed by atoms with E-state index in [9.17, 15) is 18.0 Å². The summed E-state index contributed by atoms with van der Waals surface area (Å²) in [6.07, 6.45) is -1.45. The summed E-state index contributed by atoms with van der Waals surface area (Å²) < 4.78 is 49.9. The van der Waals surface area contributed by atoms with Gasteiger partial charge in [0.1, 0.15) is 17.0 Å². The molecule has 1 amide bonds. The zero-order chi connectivity index (χ0) is 23.4. The molecule has 0 bridgehead atoms. The Hall–Kier alpha value is -3.49. The molecule has 3 aromatic rings. The zero-order valence-electron chi connectivity index (χ0n) is 18.1. The van der Waals surface area contributed by atoms with Crippen molar-refractivity contribution in [2.45, 2.75) is 32.4 Å². The lowest BCUT2D eigenvalue weighted by atomic mass is 10.0. The van der Waals surface area contributed by atoms with Crippen LogP contribution >= 0.6 is 0 Å². The number of nitrogens with one attached hydrogen (secondary N) is 1. The van der Waals surface area contributed by atoms with Gasteiger partial charge >= 0.3 is 6.18 Å². The molecule has 33 heavy (non-hydrogen) atoms. The molecule has 0 spiro atoms. The number of carbonyl (C=O) groups excluding carboxylic acids is 1. The first-order valence-electron chi connectivity index (χ1n) is 10.8. The van der Waals surface area contributed by atoms with Gasteiger partial charge < -0.3 is 19.5 Å². The first kappa shape index (κ1) is 22.7. The minimum Gasteiger partial charge on any atom is -0.494 e. The van der Waals surface area contributed by atoms with Gasteiger partial charge in [0.15, 0.2) is 0 Å². The Labute approximate surface area is 189 Å². The van der Waals surface area contributed by atoms with E-state index >= 15 is 0 Å². The summed E-state index contributed by atoms with van der Waals surface area (Å²) >= 11 is 0. The highest BCUT2D eigenvalue weighted by Crippen LogP contribution is 2.35. The minimum atomic E-state index is -4.45. The van der Waals surface area contributed by atoms with Crippen molar-refractivity contribution in [3.05, 3.63) is 59.7 Å². The van der Waals surface area contributed by atoms with E-state index in [4.69, 9.17) is 9.26 Å². The number of piperidine rings is 1. The minimum absolute atomic E-state index is 0.200. The summed E-state index contributed by atoms with van der Waals surface area (Å²) in [6.45, 7) is 3.84. The second-order valence-electron chi connectivity index (χ2n) is 7.75. The fraction of sp³-hybridized carbons (Fsp3) is 0.333. The Morgan fingerprint density at radius 2 is 1.73 bits per heavy atom. The van der Waals surface area contributed by atoms with Crippen molar-refractivity contribution in [3.8, 4) is 17.0 Å². The number of benzene rings is 2. The van der Waals surface area contributed by atoms with Crippen LogP contribution in [-0.2, 0) is 6.18 Å². The number of alkyl halides is 3. The van der Waals surface area contributed by atoms with Crippen LogP contribution in [0.1, 0.15) is 42.1 Å². The molecular formula is C24H24F3N3O3. The molecule has 2 aromatic carbocycles. The smallest absolute Gasteiger partial charge is 0.416 e. The molecule has 0 aliphatic carbocycles. The number of hydrogen-bond donors (Lipinski definition) is 1. The normalized spacial score (nSPS) is 14.2. The zero-order valence-corrected chi connectivity index (χ0v) is 18.1. The van der Waals surface area contributed by atoms with Crippen LogP contribution in [-0.4, -0.2) is 30.8 Å². The number of carbonyl (C=O) groups is 1. The fourth-order valence-electron chi connectivity index (χ4n) is 3.81. The van der Waals surface area contributed by atoms with Crippen molar-refractivity contribution >= 4 is 17.5 Å². The number of rotatable bonds is 6. The van der Waals surface area contributed by atoms with Gasteiger partial charge in [-0.1, -0.05) is 17.3 Å². The van der Waals surface area contributed by atoms with E-state index in [0.29, 0.717) is 42.6 Å². The maximum absolute atomic E-state index is 13.3. The SMILES string of the molecule is CCOc1ccc(NC(=O)c2c(-c3ccc(C(F)(F)F)cc3)noc2N2CCCCC2)cc1. The molecule has 174 valence electrons. The van der Waals surface area contributed by atoms with Crippen molar-refractivity contribution in [3.63, 3.8) is 0 Å². The molecule has 0 atom stereocenters. The van der Waals surface area contributed by atoms with Crippen LogP contribution in [0.3, 0.4) is 0 Å². The summed E-state index contributed by atoms with van der Waals surface area (Å²) in [5.74, 6) is 0.559. The van der Waals surface area contributed by atoms with Crippen LogP contribution in [0.4, 0.5) is 24.7 Å².